The van der Waals surface area contributed by atoms with Gasteiger partial charge in [-0.3, -0.25) is 24.6 Å². The fraction of sp³-hybridized carbons (Fsp3) is 0.111. The van der Waals surface area contributed by atoms with Crippen molar-refractivity contribution in [1.82, 2.24) is 4.90 Å². The van der Waals surface area contributed by atoms with Crippen molar-refractivity contribution >= 4 is 35.0 Å². The van der Waals surface area contributed by atoms with E-state index in [9.17, 15) is 19.7 Å². The van der Waals surface area contributed by atoms with Crippen LogP contribution in [0.5, 0.6) is 0 Å². The number of β-amino-alcohol motifs (C(OH)–C–C–N with tert-alkyl or cyclic N) is 1. The Kier molecular flexibility index (Phi) is 5.53. The summed E-state index contributed by atoms with van der Waals surface area (Å²) >= 11 is 1.18. The second kappa shape index (κ2) is 8.02. The molecule has 1 heterocycles. The largest absolute Gasteiger partial charge is 0.395 e. The first kappa shape index (κ1) is 18.6. The van der Waals surface area contributed by atoms with E-state index in [1.54, 1.807) is 42.5 Å². The number of hydrogen-bond donors (Lipinski definition) is 2. The number of benzene rings is 2. The van der Waals surface area contributed by atoms with Crippen LogP contribution in [0.1, 0.15) is 0 Å². The lowest BCUT2D eigenvalue weighted by Gasteiger charge is -2.15. The minimum atomic E-state index is -0.528. The van der Waals surface area contributed by atoms with Gasteiger partial charge in [0.25, 0.3) is 17.5 Å². The molecule has 0 atom stereocenters. The number of nitrogens with zero attached hydrogens (tertiary/aromatic N) is 2. The number of imide groups is 1. The summed E-state index contributed by atoms with van der Waals surface area (Å²) in [6.07, 6.45) is 1.17. The number of nitrogens with one attached hydrogen (secondary N) is 1. The number of hydrogen-bond acceptors (Lipinski definition) is 7. The fourth-order valence-electron chi connectivity index (χ4n) is 2.53. The van der Waals surface area contributed by atoms with Gasteiger partial charge in [0.05, 0.1) is 28.7 Å². The van der Waals surface area contributed by atoms with Gasteiger partial charge in [-0.15, -0.1) is 0 Å². The number of para-hydroxylation sites is 2. The highest BCUT2D eigenvalue weighted by molar-refractivity contribution is 7.99. The van der Waals surface area contributed by atoms with Crippen molar-refractivity contribution in [3.05, 3.63) is 70.4 Å². The predicted octanol–water partition coefficient (Wildman–Crippen LogP) is 2.40. The highest BCUT2D eigenvalue weighted by Crippen LogP contribution is 2.38. The van der Waals surface area contributed by atoms with E-state index in [-0.39, 0.29) is 24.5 Å². The molecule has 0 saturated carbocycles. The van der Waals surface area contributed by atoms with Crippen molar-refractivity contribution < 1.29 is 19.6 Å². The van der Waals surface area contributed by atoms with Gasteiger partial charge >= 0.3 is 0 Å². The Morgan fingerprint density at radius 2 is 1.74 bits per heavy atom. The average Bonchev–Trinajstić information content (AvgIpc) is 2.91. The van der Waals surface area contributed by atoms with Gasteiger partial charge in [-0.1, -0.05) is 36.0 Å². The molecule has 0 bridgehead atoms. The Hall–Kier alpha value is -3.17. The second-order valence-corrected chi connectivity index (χ2v) is 6.61. The van der Waals surface area contributed by atoms with E-state index in [0.717, 1.165) is 4.90 Å². The first-order chi connectivity index (χ1) is 13.0. The van der Waals surface area contributed by atoms with Crippen molar-refractivity contribution in [2.24, 2.45) is 0 Å². The zero-order valence-corrected chi connectivity index (χ0v) is 14.8. The Bertz CT molecular complexity index is 944. The van der Waals surface area contributed by atoms with E-state index in [0.29, 0.717) is 15.5 Å². The number of carbonyl (C=O) groups excluding carboxylic acids is 2. The molecule has 9 heteroatoms. The molecule has 0 aliphatic carbocycles. The number of amides is 2. The van der Waals surface area contributed by atoms with Crippen molar-refractivity contribution in [2.75, 3.05) is 18.5 Å². The third-order valence-electron chi connectivity index (χ3n) is 3.77. The van der Waals surface area contributed by atoms with Crippen LogP contribution in [0.15, 0.2) is 70.1 Å². The fourth-order valence-corrected chi connectivity index (χ4v) is 3.53. The molecule has 8 nitrogen and oxygen atoms in total. The summed E-state index contributed by atoms with van der Waals surface area (Å²) in [5.41, 5.74) is 0.612. The molecule has 0 aromatic heterocycles. The summed E-state index contributed by atoms with van der Waals surface area (Å²) in [4.78, 5) is 37.0. The highest BCUT2D eigenvalue weighted by Gasteiger charge is 2.31. The van der Waals surface area contributed by atoms with Crippen LogP contribution in [0.2, 0.25) is 0 Å². The number of aliphatic hydroxyl groups is 1. The molecule has 2 aromatic carbocycles. The maximum Gasteiger partial charge on any atom is 0.283 e. The van der Waals surface area contributed by atoms with Gasteiger partial charge in [0.15, 0.2) is 0 Å². The summed E-state index contributed by atoms with van der Waals surface area (Å²) in [6, 6.07) is 13.4. The lowest BCUT2D eigenvalue weighted by Crippen LogP contribution is -2.34. The summed E-state index contributed by atoms with van der Waals surface area (Å²) in [6.45, 7) is -0.394. The smallest absolute Gasteiger partial charge is 0.283 e. The molecule has 1 aliphatic heterocycles. The van der Waals surface area contributed by atoms with Gasteiger partial charge < -0.3 is 10.4 Å². The summed E-state index contributed by atoms with van der Waals surface area (Å²) in [7, 11) is 0. The molecule has 27 heavy (non-hydrogen) atoms. The lowest BCUT2D eigenvalue weighted by atomic mass is 10.3. The number of rotatable bonds is 7. The molecule has 3 rings (SSSR count). The molecular weight excluding hydrogens is 370 g/mol. The minimum Gasteiger partial charge on any atom is -0.395 e. The summed E-state index contributed by atoms with van der Waals surface area (Å²) in [5, 5.41) is 23.1. The molecule has 0 unspecified atom stereocenters. The Morgan fingerprint density at radius 1 is 1.07 bits per heavy atom. The number of anilines is 1. The van der Waals surface area contributed by atoms with E-state index >= 15 is 0 Å². The van der Waals surface area contributed by atoms with Crippen LogP contribution >= 0.6 is 11.8 Å². The standard InChI is InChI=1S/C18H15N3O5S/c22-10-9-20-17(23)11-13(18(20)24)19-12-5-1-3-7-15(12)27-16-8-4-2-6-14(16)21(25)26/h1-8,11,19,22H,9-10H2. The van der Waals surface area contributed by atoms with Crippen molar-refractivity contribution in [1.29, 1.82) is 0 Å². The van der Waals surface area contributed by atoms with E-state index in [2.05, 4.69) is 5.32 Å². The van der Waals surface area contributed by atoms with Crippen LogP contribution < -0.4 is 5.32 Å². The maximum atomic E-state index is 12.3. The number of nitro benzene ring substituents is 1. The van der Waals surface area contributed by atoms with Crippen molar-refractivity contribution in [2.45, 2.75) is 9.79 Å². The SMILES string of the molecule is O=C1C=C(Nc2ccccc2Sc2ccccc2[N+](=O)[O-])C(=O)N1CCO. The minimum absolute atomic E-state index is 0.0160. The summed E-state index contributed by atoms with van der Waals surface area (Å²) in [5.74, 6) is -1.03. The predicted molar refractivity (Wildman–Crippen MR) is 99.2 cm³/mol. The second-order valence-electron chi connectivity index (χ2n) is 5.52. The van der Waals surface area contributed by atoms with Crippen LogP contribution in [0.3, 0.4) is 0 Å². The van der Waals surface area contributed by atoms with Crippen LogP contribution in [-0.2, 0) is 9.59 Å². The molecule has 0 saturated heterocycles. The molecule has 1 aliphatic rings. The molecule has 2 aromatic rings. The van der Waals surface area contributed by atoms with Gasteiger partial charge in [-0.2, -0.15) is 0 Å². The zero-order chi connectivity index (χ0) is 19.4. The van der Waals surface area contributed by atoms with E-state index in [1.165, 1.54) is 23.9 Å². The van der Waals surface area contributed by atoms with Crippen LogP contribution in [0.25, 0.3) is 0 Å². The number of aliphatic hydroxyl groups excluding tert-OH is 1. The third kappa shape index (κ3) is 3.99. The Morgan fingerprint density at radius 3 is 2.44 bits per heavy atom. The molecule has 0 fully saturated rings. The first-order valence-corrected chi connectivity index (χ1v) is 8.78. The van der Waals surface area contributed by atoms with E-state index in [4.69, 9.17) is 5.11 Å². The van der Waals surface area contributed by atoms with Gasteiger partial charge in [0.2, 0.25) is 0 Å². The van der Waals surface area contributed by atoms with E-state index < -0.39 is 16.7 Å². The van der Waals surface area contributed by atoms with Gasteiger partial charge in [0, 0.05) is 17.0 Å². The van der Waals surface area contributed by atoms with Crippen molar-refractivity contribution in [3.8, 4) is 0 Å². The van der Waals surface area contributed by atoms with Crippen LogP contribution in [-0.4, -0.2) is 39.9 Å². The summed E-state index contributed by atoms with van der Waals surface area (Å²) < 4.78 is 0. The van der Waals surface area contributed by atoms with Crippen LogP contribution in [0, 0.1) is 10.1 Å². The van der Waals surface area contributed by atoms with Gasteiger partial charge in [-0.25, -0.2) is 0 Å². The lowest BCUT2D eigenvalue weighted by molar-refractivity contribution is -0.387. The number of nitro groups is 1. The molecular formula is C18H15N3O5S. The molecule has 0 radical (unpaired) electrons. The average molecular weight is 385 g/mol. The molecule has 2 N–H and O–H groups in total. The van der Waals surface area contributed by atoms with Gasteiger partial charge in [-0.05, 0) is 18.2 Å². The van der Waals surface area contributed by atoms with Crippen LogP contribution in [0.4, 0.5) is 11.4 Å². The molecule has 138 valence electrons. The van der Waals surface area contributed by atoms with Gasteiger partial charge in [0.1, 0.15) is 5.70 Å². The van der Waals surface area contributed by atoms with E-state index in [1.807, 2.05) is 0 Å². The monoisotopic (exact) mass is 385 g/mol. The Balaban J connectivity index is 1.86. The molecule has 0 spiro atoms. The third-order valence-corrected chi connectivity index (χ3v) is 4.91. The Labute approximate surface area is 158 Å². The quantitative estimate of drug-likeness (QED) is 0.427. The molecule has 2 amide bonds. The number of carbonyl (C=O) groups is 2. The van der Waals surface area contributed by atoms with Crippen molar-refractivity contribution in [3.63, 3.8) is 0 Å². The zero-order valence-electron chi connectivity index (χ0n) is 14.0. The maximum absolute atomic E-state index is 12.3. The normalized spacial score (nSPS) is 13.7. The topological polar surface area (TPSA) is 113 Å². The first-order valence-electron chi connectivity index (χ1n) is 7.97. The highest BCUT2D eigenvalue weighted by atomic mass is 32.2.